The van der Waals surface area contributed by atoms with Crippen LogP contribution in [0.15, 0.2) is 169 Å². The van der Waals surface area contributed by atoms with E-state index in [-0.39, 0.29) is 87.3 Å². The second-order valence-corrected chi connectivity index (χ2v) is 19.5. The molecular weight excluding hydrogens is 1080 g/mol. The number of para-hydroxylation sites is 4. The molecule has 23 heteroatoms. The van der Waals surface area contributed by atoms with Crippen LogP contribution in [-0.2, 0) is 20.2 Å². The van der Waals surface area contributed by atoms with Crippen molar-refractivity contribution in [3.8, 4) is 23.0 Å². The number of amides is 1. The number of anilines is 1. The maximum Gasteiger partial charge on any atom is 2.00 e. The van der Waals surface area contributed by atoms with E-state index >= 15 is 0 Å². The molecule has 0 bridgehead atoms. The molecule has 0 aromatic heterocycles. The monoisotopic (exact) mass is 1120 g/mol. The second-order valence-electron chi connectivity index (χ2n) is 15.9. The summed E-state index contributed by atoms with van der Waals surface area (Å²) in [6.45, 7) is 7.56. The molecule has 0 aliphatic carbocycles. The van der Waals surface area contributed by atoms with Gasteiger partial charge in [0, 0.05) is 10.8 Å². The fourth-order valence-corrected chi connectivity index (χ4v) is 9.59. The predicted molar refractivity (Wildman–Crippen MR) is 284 cm³/mol. The number of aryl methyl sites for hydroxylation is 2. The van der Waals surface area contributed by atoms with Crippen LogP contribution >= 0.6 is 23.2 Å². The Balaban J connectivity index is 0.000000241. The van der Waals surface area contributed by atoms with E-state index in [1.54, 1.807) is 118 Å². The summed E-state index contributed by atoms with van der Waals surface area (Å²) in [6, 6.07) is 35.3. The molecule has 0 heterocycles. The number of hydrogen-bond acceptors (Lipinski definition) is 15. The number of aromatic hydroxyl groups is 1. The van der Waals surface area contributed by atoms with Crippen molar-refractivity contribution in [1.82, 2.24) is 0 Å². The second kappa shape index (κ2) is 24.7. The van der Waals surface area contributed by atoms with Gasteiger partial charge in [-0.05, 0) is 122 Å². The third-order valence-corrected chi connectivity index (χ3v) is 13.0. The van der Waals surface area contributed by atoms with E-state index in [1.165, 1.54) is 36.4 Å². The van der Waals surface area contributed by atoms with Crippen LogP contribution in [-0.4, -0.2) is 93.8 Å². The van der Waals surface area contributed by atoms with Crippen molar-refractivity contribution in [2.24, 2.45) is 25.4 Å². The van der Waals surface area contributed by atoms with Gasteiger partial charge in [0.1, 0.15) is 44.0 Å². The standard InChI is InChI=1S/2C26H22ClN3O6S.Ca/c2*1-3-36-21-11-7-6-10-20(21)28-26(32)18-14-16-8-4-5-9-17(16)23(25(18)31)29-30-24-19(27)12-15(2)13-22(24)37(33,34)35;/h2*4-14,31H,3H2,1-2H3,(H,28,32)(H,33,34,35);/q;;+2/p-2. The Kier molecular flexibility index (Phi) is 19.0. The summed E-state index contributed by atoms with van der Waals surface area (Å²) in [5.74, 6) is -1.83. The van der Waals surface area contributed by atoms with Gasteiger partial charge in [-0.2, -0.15) is 21.9 Å². The zero-order chi connectivity index (χ0) is 53.5. The van der Waals surface area contributed by atoms with Crippen LogP contribution in [0.4, 0.5) is 34.1 Å². The molecular formula is C52H42CaCl2N6O12S2. The number of benzene rings is 8. The number of nitrogens with one attached hydrogen (secondary N) is 1. The zero-order valence-corrected chi connectivity index (χ0v) is 45.5. The van der Waals surface area contributed by atoms with E-state index in [4.69, 9.17) is 32.7 Å². The number of azo groups is 2. The van der Waals surface area contributed by atoms with Gasteiger partial charge in [0.15, 0.2) is 5.75 Å². The minimum absolute atomic E-state index is 0. The summed E-state index contributed by atoms with van der Waals surface area (Å²) in [5.41, 5.74) is 0.316. The van der Waals surface area contributed by atoms with Crippen molar-refractivity contribution in [3.63, 3.8) is 0 Å². The number of ether oxygens (including phenoxy) is 2. The number of halogens is 2. The number of rotatable bonds is 14. The molecule has 380 valence electrons. The molecule has 0 saturated carbocycles. The molecule has 8 aromatic rings. The summed E-state index contributed by atoms with van der Waals surface area (Å²) in [7, 11) is -9.38. The fraction of sp³-hybridized carbons (Fsp3) is 0.115. The van der Waals surface area contributed by atoms with Crippen molar-refractivity contribution in [3.05, 3.63) is 166 Å². The Morgan fingerprint density at radius 1 is 0.613 bits per heavy atom. The molecule has 18 nitrogen and oxygen atoms in total. The van der Waals surface area contributed by atoms with Crippen LogP contribution in [0.5, 0.6) is 23.0 Å². The van der Waals surface area contributed by atoms with Crippen molar-refractivity contribution >= 4 is 149 Å². The summed E-state index contributed by atoms with van der Waals surface area (Å²) in [4.78, 5) is 16.2. The first kappa shape index (κ1) is 57.6. The largest absolute Gasteiger partial charge is 2.00 e. The fourth-order valence-electron chi connectivity index (χ4n) is 7.39. The molecule has 1 amide bonds. The Morgan fingerprint density at radius 2 is 1.05 bits per heavy atom. The van der Waals surface area contributed by atoms with Crippen LogP contribution in [0.1, 0.15) is 40.9 Å². The number of hydrogen-bond donors (Lipinski definition) is 4. The summed E-state index contributed by atoms with van der Waals surface area (Å²) in [6.07, 6.45) is 0. The maximum absolute atomic E-state index is 13.4. The average molecular weight is 1120 g/mol. The van der Waals surface area contributed by atoms with Crippen LogP contribution in [0, 0.1) is 13.8 Å². The minimum atomic E-state index is -4.70. The molecule has 75 heavy (non-hydrogen) atoms. The third-order valence-electron chi connectivity index (χ3n) is 10.7. The normalized spacial score (nSPS) is 11.9. The zero-order valence-electron chi connectivity index (χ0n) is 40.1. The van der Waals surface area contributed by atoms with Gasteiger partial charge in [-0.3, -0.25) is 18.9 Å². The number of nitrogens with zero attached hydrogens (tertiary/aromatic N) is 5. The van der Waals surface area contributed by atoms with Crippen LogP contribution in [0.3, 0.4) is 0 Å². The van der Waals surface area contributed by atoms with E-state index in [9.17, 15) is 46.1 Å². The van der Waals surface area contributed by atoms with Crippen LogP contribution < -0.4 is 25.0 Å². The Morgan fingerprint density at radius 3 is 1.60 bits per heavy atom. The Bertz CT molecular complexity index is 3830. The Labute approximate surface area is 470 Å². The first-order chi connectivity index (χ1) is 35.2. The molecule has 0 radical (unpaired) electrons. The van der Waals surface area contributed by atoms with Crippen LogP contribution in [0.25, 0.3) is 21.5 Å². The number of carbonyl (C=O) groups is 1. The van der Waals surface area contributed by atoms with E-state index in [0.29, 0.717) is 63.1 Å². The quantitative estimate of drug-likeness (QED) is 0.0260. The van der Waals surface area contributed by atoms with Crippen LogP contribution in [0.2, 0.25) is 10.0 Å². The Hall–Kier alpha value is -6.72. The number of phenolic OH excluding ortho intramolecular Hbond substituents is 1. The van der Waals surface area contributed by atoms with Gasteiger partial charge in [-0.15, -0.1) is 15.3 Å². The van der Waals surface area contributed by atoms with Gasteiger partial charge >= 0.3 is 37.7 Å². The van der Waals surface area contributed by atoms with E-state index in [1.807, 2.05) is 6.92 Å². The van der Waals surface area contributed by atoms with E-state index in [2.05, 4.69) is 30.8 Å². The van der Waals surface area contributed by atoms with Gasteiger partial charge in [0.25, 0.3) is 26.1 Å². The van der Waals surface area contributed by atoms with Gasteiger partial charge in [0.2, 0.25) is 0 Å². The molecule has 8 rings (SSSR count). The van der Waals surface area contributed by atoms with Gasteiger partial charge in [-0.1, -0.05) is 102 Å². The predicted octanol–water partition coefficient (Wildman–Crippen LogP) is 11.8. The molecule has 0 saturated heterocycles. The number of aliphatic imine (C=N–C) groups is 1. The molecule has 0 spiro atoms. The molecule has 0 aliphatic rings. The molecule has 4 N–H and O–H groups in total. The molecule has 0 aliphatic heterocycles. The number of phenols is 1. The number of carbonyl (C=O) groups excluding carboxylic acids is 1. The maximum atomic E-state index is 13.4. The van der Waals surface area contributed by atoms with Crippen molar-refractivity contribution in [2.45, 2.75) is 37.5 Å². The van der Waals surface area contributed by atoms with Gasteiger partial charge in [-0.25, -0.2) is 0 Å². The first-order valence-electron chi connectivity index (χ1n) is 22.1. The van der Waals surface area contributed by atoms with E-state index < -0.39 is 53.3 Å². The molecule has 0 atom stereocenters. The molecule has 0 fully saturated rings. The van der Waals surface area contributed by atoms with Crippen molar-refractivity contribution < 1.29 is 55.5 Å². The average Bonchev–Trinajstić information content (AvgIpc) is 3.34. The molecule has 8 aromatic carbocycles. The van der Waals surface area contributed by atoms with Gasteiger partial charge in [0.05, 0.1) is 40.2 Å². The van der Waals surface area contributed by atoms with Gasteiger partial charge < -0.3 is 30.1 Å². The summed E-state index contributed by atoms with van der Waals surface area (Å²) < 4.78 is 78.0. The molecule has 0 unspecified atom stereocenters. The third kappa shape index (κ3) is 13.6. The smallest absolute Gasteiger partial charge is 0.871 e. The van der Waals surface area contributed by atoms with Crippen molar-refractivity contribution in [1.29, 1.82) is 0 Å². The van der Waals surface area contributed by atoms with Crippen molar-refractivity contribution in [2.75, 3.05) is 18.5 Å². The summed E-state index contributed by atoms with van der Waals surface area (Å²) in [5, 5.41) is 58.0. The minimum Gasteiger partial charge on any atom is -0.871 e. The first-order valence-corrected chi connectivity index (χ1v) is 25.7. The number of fused-ring (bicyclic) bond motifs is 2. The topological polar surface area (TPSA) is 284 Å². The van der Waals surface area contributed by atoms with E-state index in [0.717, 1.165) is 0 Å². The summed E-state index contributed by atoms with van der Waals surface area (Å²) >= 11 is 12.4. The SMILES string of the molecule is CCOc1ccccc1N=C([O-])c1cc2ccccc2c(N=Nc2c(Cl)cc(C)cc2S(=O)(=O)O)c1[O-].CCOc1ccccc1NC(=O)c1cc2ccccc2c(N=Nc2c(Cl)cc(C)cc2S(=O)(=O)O)c1O.[Ca+2].